The van der Waals surface area contributed by atoms with Gasteiger partial charge < -0.3 is 10.8 Å². The Morgan fingerprint density at radius 3 is 3.00 bits per heavy atom. The normalized spacial score (nSPS) is 19.8. The van der Waals surface area contributed by atoms with E-state index >= 15 is 0 Å². The Hall–Kier alpha value is -0.450. The van der Waals surface area contributed by atoms with Crippen LogP contribution in [0.2, 0.25) is 0 Å². The number of aromatic nitrogens is 1. The van der Waals surface area contributed by atoms with E-state index < -0.39 is 6.10 Å². The van der Waals surface area contributed by atoms with Gasteiger partial charge >= 0.3 is 0 Å². The minimum absolute atomic E-state index is 0.262. The molecule has 0 amide bonds. The smallest absolute Gasteiger partial charge is 0.123 e. The monoisotopic (exact) mass is 198 g/mol. The molecule has 3 N–H and O–H groups in total. The molecule has 1 unspecified atom stereocenters. The molecule has 1 aliphatic carbocycles. The Morgan fingerprint density at radius 2 is 2.46 bits per heavy atom. The molecule has 0 saturated heterocycles. The van der Waals surface area contributed by atoms with Gasteiger partial charge in [-0.25, -0.2) is 4.98 Å². The van der Waals surface area contributed by atoms with Gasteiger partial charge in [0.2, 0.25) is 0 Å². The van der Waals surface area contributed by atoms with Crippen LogP contribution in [0.25, 0.3) is 0 Å². The van der Waals surface area contributed by atoms with Crippen molar-refractivity contribution in [3.8, 4) is 0 Å². The highest BCUT2D eigenvalue weighted by Crippen LogP contribution is 2.37. The molecule has 13 heavy (non-hydrogen) atoms. The van der Waals surface area contributed by atoms with Crippen LogP contribution in [0.15, 0.2) is 5.38 Å². The molecule has 72 valence electrons. The minimum Gasteiger partial charge on any atom is -0.385 e. The number of hydrogen-bond donors (Lipinski definition) is 2. The van der Waals surface area contributed by atoms with E-state index in [0.717, 1.165) is 10.7 Å². The molecule has 1 fully saturated rings. The average molecular weight is 198 g/mol. The Morgan fingerprint density at radius 1 is 1.69 bits per heavy atom. The van der Waals surface area contributed by atoms with E-state index in [2.05, 4.69) is 10.4 Å². The zero-order valence-electron chi connectivity index (χ0n) is 7.44. The molecule has 1 atom stereocenters. The van der Waals surface area contributed by atoms with Gasteiger partial charge in [-0.3, -0.25) is 0 Å². The Labute approximate surface area is 81.6 Å². The highest BCUT2D eigenvalue weighted by Gasteiger charge is 2.22. The molecule has 1 aromatic heterocycles. The highest BCUT2D eigenvalue weighted by atomic mass is 32.1. The number of aliphatic hydroxyl groups excluding tert-OH is 1. The Bertz CT molecular complexity index is 264. The van der Waals surface area contributed by atoms with Crippen molar-refractivity contribution in [1.29, 1.82) is 0 Å². The number of nitrogens with two attached hydrogens (primary N) is 1. The largest absolute Gasteiger partial charge is 0.385 e. The van der Waals surface area contributed by atoms with Crippen molar-refractivity contribution >= 4 is 11.3 Å². The van der Waals surface area contributed by atoms with E-state index in [9.17, 15) is 5.11 Å². The number of aliphatic hydroxyl groups is 1. The fourth-order valence-electron chi connectivity index (χ4n) is 1.45. The summed E-state index contributed by atoms with van der Waals surface area (Å²) in [6.45, 7) is 0.262. The van der Waals surface area contributed by atoms with Crippen molar-refractivity contribution in [2.75, 3.05) is 6.54 Å². The van der Waals surface area contributed by atoms with Crippen molar-refractivity contribution in [3.05, 3.63) is 16.1 Å². The van der Waals surface area contributed by atoms with Crippen LogP contribution >= 0.6 is 11.3 Å². The zero-order chi connectivity index (χ0) is 9.26. The van der Waals surface area contributed by atoms with Crippen LogP contribution in [0.3, 0.4) is 0 Å². The second-order valence-corrected chi connectivity index (χ2v) is 4.38. The summed E-state index contributed by atoms with van der Waals surface area (Å²) in [5, 5.41) is 12.3. The van der Waals surface area contributed by atoms with Gasteiger partial charge in [0.15, 0.2) is 0 Å². The maximum atomic E-state index is 9.44. The third-order valence-electron chi connectivity index (χ3n) is 2.57. The lowest BCUT2D eigenvalue weighted by molar-refractivity contribution is 0.186. The number of hydrogen-bond acceptors (Lipinski definition) is 4. The van der Waals surface area contributed by atoms with E-state index in [1.54, 1.807) is 0 Å². The van der Waals surface area contributed by atoms with Crippen LogP contribution in [-0.2, 0) is 0 Å². The summed E-state index contributed by atoms with van der Waals surface area (Å²) in [4.78, 5) is 4.39. The highest BCUT2D eigenvalue weighted by molar-refractivity contribution is 7.09. The van der Waals surface area contributed by atoms with Crippen molar-refractivity contribution in [2.24, 2.45) is 5.73 Å². The maximum Gasteiger partial charge on any atom is 0.123 e. The second kappa shape index (κ2) is 3.74. The first-order chi connectivity index (χ1) is 6.31. The van der Waals surface area contributed by atoms with Gasteiger partial charge in [0.1, 0.15) is 11.1 Å². The van der Waals surface area contributed by atoms with E-state index in [1.165, 1.54) is 30.6 Å². The predicted octanol–water partition coefficient (Wildman–Crippen LogP) is 1.40. The third-order valence-corrected chi connectivity index (χ3v) is 3.54. The fourth-order valence-corrected chi connectivity index (χ4v) is 2.34. The lowest BCUT2D eigenvalue weighted by Gasteiger charge is -2.23. The summed E-state index contributed by atoms with van der Waals surface area (Å²) in [5.74, 6) is 0.648. The standard InChI is InChI=1S/C9H14N2OS/c10-4-8(12)9-11-7(5-13-9)6-2-1-3-6/h5-6,8,12H,1-4,10H2. The van der Waals surface area contributed by atoms with Crippen LogP contribution in [-0.4, -0.2) is 16.6 Å². The van der Waals surface area contributed by atoms with Crippen molar-refractivity contribution < 1.29 is 5.11 Å². The van der Waals surface area contributed by atoms with Gasteiger partial charge in [-0.05, 0) is 12.8 Å². The van der Waals surface area contributed by atoms with E-state index in [4.69, 9.17) is 5.73 Å². The number of nitrogens with zero attached hydrogens (tertiary/aromatic N) is 1. The molecule has 0 aliphatic heterocycles. The van der Waals surface area contributed by atoms with E-state index in [1.807, 2.05) is 0 Å². The molecular weight excluding hydrogens is 184 g/mol. The summed E-state index contributed by atoms with van der Waals surface area (Å²) in [7, 11) is 0. The zero-order valence-corrected chi connectivity index (χ0v) is 8.26. The number of thiazole rings is 1. The number of rotatable bonds is 3. The first-order valence-electron chi connectivity index (χ1n) is 4.64. The minimum atomic E-state index is -0.571. The van der Waals surface area contributed by atoms with Gasteiger partial charge in [0, 0.05) is 17.8 Å². The van der Waals surface area contributed by atoms with Crippen LogP contribution < -0.4 is 5.73 Å². The summed E-state index contributed by atoms with van der Waals surface area (Å²) in [6, 6.07) is 0. The Balaban J connectivity index is 2.08. The molecule has 0 aromatic carbocycles. The molecule has 1 saturated carbocycles. The van der Waals surface area contributed by atoms with Crippen molar-refractivity contribution in [3.63, 3.8) is 0 Å². The van der Waals surface area contributed by atoms with Gasteiger partial charge in [-0.2, -0.15) is 0 Å². The van der Waals surface area contributed by atoms with Crippen LogP contribution in [0.5, 0.6) is 0 Å². The summed E-state index contributed by atoms with van der Waals surface area (Å²) < 4.78 is 0. The topological polar surface area (TPSA) is 59.1 Å². The van der Waals surface area contributed by atoms with Crippen molar-refractivity contribution in [1.82, 2.24) is 4.98 Å². The molecule has 1 aromatic rings. The first kappa shape index (κ1) is 9.12. The predicted molar refractivity (Wildman–Crippen MR) is 52.7 cm³/mol. The van der Waals surface area contributed by atoms with Crippen LogP contribution in [0.4, 0.5) is 0 Å². The quantitative estimate of drug-likeness (QED) is 0.772. The summed E-state index contributed by atoms with van der Waals surface area (Å²) in [6.07, 6.45) is 3.25. The second-order valence-electron chi connectivity index (χ2n) is 3.49. The Kier molecular flexibility index (Phi) is 2.62. The molecule has 1 aliphatic rings. The van der Waals surface area contributed by atoms with Gasteiger partial charge in [0.05, 0.1) is 5.69 Å². The summed E-state index contributed by atoms with van der Waals surface area (Å²) in [5.41, 5.74) is 6.50. The van der Waals surface area contributed by atoms with Gasteiger partial charge in [-0.15, -0.1) is 11.3 Å². The fraction of sp³-hybridized carbons (Fsp3) is 0.667. The molecule has 3 nitrogen and oxygen atoms in total. The summed E-state index contributed by atoms with van der Waals surface area (Å²) >= 11 is 1.52. The van der Waals surface area contributed by atoms with Gasteiger partial charge in [-0.1, -0.05) is 6.42 Å². The van der Waals surface area contributed by atoms with Crippen molar-refractivity contribution in [2.45, 2.75) is 31.3 Å². The van der Waals surface area contributed by atoms with E-state index in [0.29, 0.717) is 5.92 Å². The third kappa shape index (κ3) is 1.75. The van der Waals surface area contributed by atoms with E-state index in [-0.39, 0.29) is 6.54 Å². The average Bonchev–Trinajstić information content (AvgIpc) is 2.49. The maximum absolute atomic E-state index is 9.44. The molecule has 1 heterocycles. The molecule has 0 radical (unpaired) electrons. The SMILES string of the molecule is NCC(O)c1nc(C2CCC2)cs1. The lowest BCUT2D eigenvalue weighted by Crippen LogP contribution is -2.12. The molecule has 2 rings (SSSR count). The first-order valence-corrected chi connectivity index (χ1v) is 5.52. The van der Waals surface area contributed by atoms with Crippen LogP contribution in [0.1, 0.15) is 42.0 Å². The molecule has 0 bridgehead atoms. The molecule has 0 spiro atoms. The molecular formula is C9H14N2OS. The van der Waals surface area contributed by atoms with Gasteiger partial charge in [0.25, 0.3) is 0 Å². The lowest BCUT2D eigenvalue weighted by atomic mass is 9.83. The van der Waals surface area contributed by atoms with Crippen LogP contribution in [0, 0.1) is 0 Å². The molecule has 4 heteroatoms.